The van der Waals surface area contributed by atoms with Crippen LogP contribution in [-0.4, -0.2) is 15.7 Å². The lowest BCUT2D eigenvalue weighted by molar-refractivity contribution is -0.111. The monoisotopic (exact) mass is 355 g/mol. The molecule has 0 atom stereocenters. The van der Waals surface area contributed by atoms with Crippen molar-refractivity contribution in [2.75, 3.05) is 5.32 Å². The SMILES string of the molecule is O=C(/C=C/c1ccccc1Cl)Nc1cnn(Cc2cccc(F)c2)c1. The van der Waals surface area contributed by atoms with Crippen LogP contribution in [0.1, 0.15) is 11.1 Å². The fourth-order valence-electron chi connectivity index (χ4n) is 2.30. The minimum absolute atomic E-state index is 0.287. The molecule has 1 N–H and O–H groups in total. The van der Waals surface area contributed by atoms with Crippen molar-refractivity contribution in [3.8, 4) is 0 Å². The van der Waals surface area contributed by atoms with Crippen molar-refractivity contribution in [2.45, 2.75) is 6.54 Å². The van der Waals surface area contributed by atoms with Crippen LogP contribution in [-0.2, 0) is 11.3 Å². The summed E-state index contributed by atoms with van der Waals surface area (Å²) in [6.45, 7) is 0.420. The molecule has 0 unspecified atom stereocenters. The highest BCUT2D eigenvalue weighted by molar-refractivity contribution is 6.32. The molecule has 3 rings (SSSR count). The van der Waals surface area contributed by atoms with Gasteiger partial charge in [-0.25, -0.2) is 4.39 Å². The lowest BCUT2D eigenvalue weighted by Gasteiger charge is -2.02. The van der Waals surface area contributed by atoms with Crippen LogP contribution in [0, 0.1) is 5.82 Å². The van der Waals surface area contributed by atoms with E-state index < -0.39 is 0 Å². The lowest BCUT2D eigenvalue weighted by atomic mass is 10.2. The molecule has 0 bridgehead atoms. The maximum absolute atomic E-state index is 13.2. The van der Waals surface area contributed by atoms with E-state index in [-0.39, 0.29) is 11.7 Å². The predicted molar refractivity (Wildman–Crippen MR) is 96.8 cm³/mol. The number of anilines is 1. The molecular formula is C19H15ClFN3O. The topological polar surface area (TPSA) is 46.9 Å². The van der Waals surface area contributed by atoms with Gasteiger partial charge in [0.1, 0.15) is 5.82 Å². The predicted octanol–water partition coefficient (Wildman–Crippen LogP) is 4.38. The van der Waals surface area contributed by atoms with Crippen molar-refractivity contribution in [1.29, 1.82) is 0 Å². The van der Waals surface area contributed by atoms with Gasteiger partial charge in [0.05, 0.1) is 18.4 Å². The van der Waals surface area contributed by atoms with Crippen LogP contribution in [0.25, 0.3) is 6.08 Å². The molecule has 0 saturated heterocycles. The first-order valence-corrected chi connectivity index (χ1v) is 7.98. The normalized spacial score (nSPS) is 11.0. The first-order chi connectivity index (χ1) is 12.1. The van der Waals surface area contributed by atoms with Crippen LogP contribution in [0.2, 0.25) is 5.02 Å². The fourth-order valence-corrected chi connectivity index (χ4v) is 2.50. The Morgan fingerprint density at radius 3 is 2.88 bits per heavy atom. The Morgan fingerprint density at radius 1 is 1.24 bits per heavy atom. The number of rotatable bonds is 5. The van der Waals surface area contributed by atoms with Crippen molar-refractivity contribution in [3.05, 3.63) is 89.0 Å². The Balaban J connectivity index is 1.61. The van der Waals surface area contributed by atoms with Crippen LogP contribution in [0.4, 0.5) is 10.1 Å². The van der Waals surface area contributed by atoms with E-state index in [0.29, 0.717) is 17.3 Å². The summed E-state index contributed by atoms with van der Waals surface area (Å²) in [5, 5.41) is 7.46. The first kappa shape index (κ1) is 16.9. The largest absolute Gasteiger partial charge is 0.320 e. The van der Waals surface area contributed by atoms with Crippen molar-refractivity contribution in [1.82, 2.24) is 9.78 Å². The fraction of sp³-hybridized carbons (Fsp3) is 0.0526. The number of halogens is 2. The Kier molecular flexibility index (Phi) is 5.26. The molecule has 1 heterocycles. The van der Waals surface area contributed by atoms with E-state index in [2.05, 4.69) is 10.4 Å². The van der Waals surface area contributed by atoms with Gasteiger partial charge in [-0.05, 0) is 35.4 Å². The van der Waals surface area contributed by atoms with Crippen LogP contribution in [0.5, 0.6) is 0 Å². The van der Waals surface area contributed by atoms with Crippen molar-refractivity contribution >= 4 is 29.3 Å². The van der Waals surface area contributed by atoms with E-state index >= 15 is 0 Å². The van der Waals surface area contributed by atoms with Gasteiger partial charge in [0.15, 0.2) is 0 Å². The van der Waals surface area contributed by atoms with E-state index in [1.54, 1.807) is 35.3 Å². The molecular weight excluding hydrogens is 341 g/mol. The maximum atomic E-state index is 13.2. The van der Waals surface area contributed by atoms with E-state index in [1.807, 2.05) is 24.3 Å². The Morgan fingerprint density at radius 2 is 2.08 bits per heavy atom. The van der Waals surface area contributed by atoms with Gasteiger partial charge in [0.2, 0.25) is 5.91 Å². The highest BCUT2D eigenvalue weighted by Crippen LogP contribution is 2.16. The van der Waals surface area contributed by atoms with E-state index in [0.717, 1.165) is 11.1 Å². The molecule has 2 aromatic carbocycles. The zero-order valence-electron chi connectivity index (χ0n) is 13.2. The summed E-state index contributed by atoms with van der Waals surface area (Å²) in [6, 6.07) is 13.6. The number of carbonyl (C=O) groups is 1. The van der Waals surface area contributed by atoms with Gasteiger partial charge >= 0.3 is 0 Å². The molecule has 126 valence electrons. The summed E-state index contributed by atoms with van der Waals surface area (Å²) in [6.07, 6.45) is 6.28. The number of benzene rings is 2. The maximum Gasteiger partial charge on any atom is 0.248 e. The summed E-state index contributed by atoms with van der Waals surface area (Å²) >= 11 is 6.04. The number of carbonyl (C=O) groups excluding carboxylic acids is 1. The summed E-state index contributed by atoms with van der Waals surface area (Å²) < 4.78 is 14.8. The second-order valence-electron chi connectivity index (χ2n) is 5.40. The third-order valence-corrected chi connectivity index (χ3v) is 3.80. The van der Waals surface area contributed by atoms with Crippen molar-refractivity contribution < 1.29 is 9.18 Å². The molecule has 4 nitrogen and oxygen atoms in total. The molecule has 6 heteroatoms. The highest BCUT2D eigenvalue weighted by Gasteiger charge is 2.03. The van der Waals surface area contributed by atoms with Gasteiger partial charge in [0.25, 0.3) is 0 Å². The molecule has 0 radical (unpaired) electrons. The van der Waals surface area contributed by atoms with Crippen molar-refractivity contribution in [2.24, 2.45) is 0 Å². The van der Waals surface area contributed by atoms with Crippen molar-refractivity contribution in [3.63, 3.8) is 0 Å². The Labute approximate surface area is 149 Å². The molecule has 25 heavy (non-hydrogen) atoms. The number of nitrogens with zero attached hydrogens (tertiary/aromatic N) is 2. The second-order valence-corrected chi connectivity index (χ2v) is 5.81. The number of aromatic nitrogens is 2. The third kappa shape index (κ3) is 4.78. The van der Waals surface area contributed by atoms with Crippen LogP contribution < -0.4 is 5.32 Å². The lowest BCUT2D eigenvalue weighted by Crippen LogP contribution is -2.07. The Hall–Kier alpha value is -2.92. The van der Waals surface area contributed by atoms with Crippen LogP contribution in [0.15, 0.2) is 67.0 Å². The number of hydrogen-bond acceptors (Lipinski definition) is 2. The van der Waals surface area contributed by atoms with Gasteiger partial charge in [-0.15, -0.1) is 0 Å². The van der Waals surface area contributed by atoms with Gasteiger partial charge in [0, 0.05) is 17.3 Å². The minimum Gasteiger partial charge on any atom is -0.320 e. The average Bonchev–Trinajstić information content (AvgIpc) is 3.01. The summed E-state index contributed by atoms with van der Waals surface area (Å²) in [4.78, 5) is 12.0. The van der Waals surface area contributed by atoms with E-state index in [1.165, 1.54) is 18.2 Å². The zero-order chi connectivity index (χ0) is 17.6. The zero-order valence-corrected chi connectivity index (χ0v) is 13.9. The summed E-state index contributed by atoms with van der Waals surface area (Å²) in [7, 11) is 0. The van der Waals surface area contributed by atoms with E-state index in [4.69, 9.17) is 11.6 Å². The first-order valence-electron chi connectivity index (χ1n) is 7.61. The molecule has 0 aliphatic heterocycles. The van der Waals surface area contributed by atoms with E-state index in [9.17, 15) is 9.18 Å². The molecule has 0 fully saturated rings. The molecule has 0 saturated carbocycles. The molecule has 1 amide bonds. The molecule has 3 aromatic rings. The quantitative estimate of drug-likeness (QED) is 0.690. The smallest absolute Gasteiger partial charge is 0.248 e. The minimum atomic E-state index is -0.289. The molecule has 0 aliphatic carbocycles. The van der Waals surface area contributed by atoms with Gasteiger partial charge in [-0.2, -0.15) is 5.10 Å². The second kappa shape index (κ2) is 7.77. The number of nitrogens with one attached hydrogen (secondary N) is 1. The molecule has 0 aliphatic rings. The summed E-state index contributed by atoms with van der Waals surface area (Å²) in [5.74, 6) is -0.576. The number of amides is 1. The van der Waals surface area contributed by atoms with Gasteiger partial charge in [-0.1, -0.05) is 41.9 Å². The standard InChI is InChI=1S/C19H15ClFN3O/c20-18-7-2-1-5-15(18)8-9-19(25)23-17-11-22-24(13-17)12-14-4-3-6-16(21)10-14/h1-11,13H,12H2,(H,23,25)/b9-8+. The Bertz CT molecular complexity index is 920. The molecule has 0 spiro atoms. The number of hydrogen-bond donors (Lipinski definition) is 1. The van der Waals surface area contributed by atoms with Crippen LogP contribution in [0.3, 0.4) is 0 Å². The molecule has 1 aromatic heterocycles. The van der Waals surface area contributed by atoms with Gasteiger partial charge < -0.3 is 5.32 Å². The van der Waals surface area contributed by atoms with Gasteiger partial charge in [-0.3, -0.25) is 9.48 Å². The highest BCUT2D eigenvalue weighted by atomic mass is 35.5. The summed E-state index contributed by atoms with van der Waals surface area (Å²) in [5.41, 5.74) is 2.12. The average molecular weight is 356 g/mol. The van der Waals surface area contributed by atoms with Crippen LogP contribution >= 0.6 is 11.6 Å². The third-order valence-electron chi connectivity index (χ3n) is 3.45.